The van der Waals surface area contributed by atoms with Gasteiger partial charge in [0, 0.05) is 19.4 Å². The summed E-state index contributed by atoms with van der Waals surface area (Å²) < 4.78 is 0. The third kappa shape index (κ3) is 1.28. The predicted octanol–water partition coefficient (Wildman–Crippen LogP) is 0.770. The van der Waals surface area contributed by atoms with E-state index in [1.165, 1.54) is 0 Å². The summed E-state index contributed by atoms with van der Waals surface area (Å²) in [4.78, 5) is 16.6. The molecule has 13 heavy (non-hydrogen) atoms. The second-order valence-electron chi connectivity index (χ2n) is 2.60. The van der Waals surface area contributed by atoms with E-state index >= 15 is 0 Å². The van der Waals surface area contributed by atoms with E-state index in [0.29, 0.717) is 17.0 Å². The fourth-order valence-corrected chi connectivity index (χ4v) is 1.15. The molecule has 0 unspecified atom stereocenters. The number of fused-ring (bicyclic) bond motifs is 1. The topological polar surface area (TPSA) is 63.6 Å². The van der Waals surface area contributed by atoms with Crippen molar-refractivity contribution >= 4 is 17.0 Å². The third-order valence-electron chi connectivity index (χ3n) is 1.68. The van der Waals surface area contributed by atoms with Crippen LogP contribution >= 0.6 is 0 Å². The van der Waals surface area contributed by atoms with E-state index in [4.69, 9.17) is 0 Å². The van der Waals surface area contributed by atoms with E-state index in [0.717, 1.165) is 5.82 Å². The van der Waals surface area contributed by atoms with Gasteiger partial charge < -0.3 is 5.32 Å². The van der Waals surface area contributed by atoms with E-state index in [-0.39, 0.29) is 0 Å². The van der Waals surface area contributed by atoms with Gasteiger partial charge in [0.2, 0.25) is 0 Å². The molecule has 0 spiro atoms. The summed E-state index contributed by atoms with van der Waals surface area (Å²) in [5, 5.41) is 2.96. The Labute approximate surface area is 75.3 Å². The summed E-state index contributed by atoms with van der Waals surface area (Å²) >= 11 is 0. The average molecular weight is 175 g/mol. The maximum absolute atomic E-state index is 4.20. The van der Waals surface area contributed by atoms with Crippen LogP contribution < -0.4 is 5.32 Å². The van der Waals surface area contributed by atoms with Crippen molar-refractivity contribution in [1.29, 1.82) is 0 Å². The Kier molecular flexibility index (Phi) is 1.77. The summed E-state index contributed by atoms with van der Waals surface area (Å²) in [6, 6.07) is 0. The van der Waals surface area contributed by atoms with E-state index in [2.05, 4.69) is 25.3 Å². The fraction of sp³-hybridized carbons (Fsp3) is 0.250. The van der Waals surface area contributed by atoms with Crippen LogP contribution in [0.3, 0.4) is 0 Å². The molecule has 2 aromatic heterocycles. The van der Waals surface area contributed by atoms with Gasteiger partial charge in [0.1, 0.15) is 11.3 Å². The molecular formula is C8H9N5. The van der Waals surface area contributed by atoms with Crippen LogP contribution in [0.15, 0.2) is 12.4 Å². The number of rotatable bonds is 1. The second kappa shape index (κ2) is 2.93. The van der Waals surface area contributed by atoms with Gasteiger partial charge in [-0.15, -0.1) is 0 Å². The molecule has 2 aromatic rings. The number of hydrogen-bond donors (Lipinski definition) is 1. The van der Waals surface area contributed by atoms with E-state index < -0.39 is 0 Å². The lowest BCUT2D eigenvalue weighted by molar-refractivity contribution is 1.06. The van der Waals surface area contributed by atoms with E-state index in [1.54, 1.807) is 19.4 Å². The van der Waals surface area contributed by atoms with Crippen molar-refractivity contribution in [2.75, 3.05) is 12.4 Å². The SMILES string of the molecule is CNc1nc(C)nc2nccnc12. The average Bonchev–Trinajstić information content (AvgIpc) is 2.16. The zero-order chi connectivity index (χ0) is 9.26. The van der Waals surface area contributed by atoms with Crippen LogP contribution in [0.25, 0.3) is 11.2 Å². The number of aryl methyl sites for hydroxylation is 1. The molecule has 5 nitrogen and oxygen atoms in total. The first-order valence-electron chi connectivity index (χ1n) is 3.94. The van der Waals surface area contributed by atoms with Gasteiger partial charge in [0.15, 0.2) is 11.5 Å². The molecule has 0 aliphatic rings. The highest BCUT2D eigenvalue weighted by molar-refractivity contribution is 5.81. The summed E-state index contributed by atoms with van der Waals surface area (Å²) in [5.74, 6) is 1.41. The van der Waals surface area contributed by atoms with Crippen LogP contribution in [0, 0.1) is 6.92 Å². The molecule has 0 radical (unpaired) electrons. The monoisotopic (exact) mass is 175 g/mol. The minimum atomic E-state index is 0.624. The Balaban J connectivity index is 2.81. The smallest absolute Gasteiger partial charge is 0.183 e. The van der Waals surface area contributed by atoms with Crippen molar-refractivity contribution in [1.82, 2.24) is 19.9 Å². The minimum Gasteiger partial charge on any atom is -0.371 e. The molecule has 2 heterocycles. The summed E-state index contributed by atoms with van der Waals surface area (Å²) in [6.07, 6.45) is 3.25. The summed E-state index contributed by atoms with van der Waals surface area (Å²) in [6.45, 7) is 1.83. The zero-order valence-electron chi connectivity index (χ0n) is 7.44. The first-order valence-corrected chi connectivity index (χ1v) is 3.94. The minimum absolute atomic E-state index is 0.624. The highest BCUT2D eigenvalue weighted by Crippen LogP contribution is 2.13. The second-order valence-corrected chi connectivity index (χ2v) is 2.60. The molecular weight excluding hydrogens is 166 g/mol. The molecule has 5 heteroatoms. The number of nitrogens with zero attached hydrogens (tertiary/aromatic N) is 4. The molecule has 0 bridgehead atoms. The van der Waals surface area contributed by atoms with E-state index in [9.17, 15) is 0 Å². The highest BCUT2D eigenvalue weighted by Gasteiger charge is 2.04. The molecule has 0 amide bonds. The molecule has 0 fully saturated rings. The van der Waals surface area contributed by atoms with Gasteiger partial charge in [-0.25, -0.2) is 19.9 Å². The van der Waals surface area contributed by atoms with Crippen LogP contribution in [0.4, 0.5) is 5.82 Å². The largest absolute Gasteiger partial charge is 0.371 e. The quantitative estimate of drug-likeness (QED) is 0.693. The molecule has 0 aromatic carbocycles. The van der Waals surface area contributed by atoms with Gasteiger partial charge in [-0.2, -0.15) is 0 Å². The Hall–Kier alpha value is -1.78. The van der Waals surface area contributed by atoms with Gasteiger partial charge in [-0.05, 0) is 6.92 Å². The lowest BCUT2D eigenvalue weighted by atomic mass is 10.4. The van der Waals surface area contributed by atoms with Crippen molar-refractivity contribution in [3.8, 4) is 0 Å². The van der Waals surface area contributed by atoms with E-state index in [1.807, 2.05) is 6.92 Å². The van der Waals surface area contributed by atoms with Crippen molar-refractivity contribution in [2.24, 2.45) is 0 Å². The number of nitrogens with one attached hydrogen (secondary N) is 1. The van der Waals surface area contributed by atoms with Crippen LogP contribution in [-0.2, 0) is 0 Å². The first-order chi connectivity index (χ1) is 6.31. The predicted molar refractivity (Wildman–Crippen MR) is 49.4 cm³/mol. The van der Waals surface area contributed by atoms with Gasteiger partial charge in [-0.1, -0.05) is 0 Å². The molecule has 0 aliphatic heterocycles. The summed E-state index contributed by atoms with van der Waals surface area (Å²) in [7, 11) is 1.80. The van der Waals surface area contributed by atoms with Crippen molar-refractivity contribution in [2.45, 2.75) is 6.92 Å². The van der Waals surface area contributed by atoms with Crippen molar-refractivity contribution < 1.29 is 0 Å². The summed E-state index contributed by atoms with van der Waals surface area (Å²) in [5.41, 5.74) is 1.33. The zero-order valence-corrected chi connectivity index (χ0v) is 7.44. The maximum Gasteiger partial charge on any atom is 0.183 e. The number of anilines is 1. The standard InChI is InChI=1S/C8H9N5/c1-5-12-7(9-2)6-8(13-5)11-4-3-10-6/h3-4H,1-2H3,(H,9,11,12,13). The molecule has 0 saturated carbocycles. The lowest BCUT2D eigenvalue weighted by Gasteiger charge is -2.02. The van der Waals surface area contributed by atoms with Crippen molar-refractivity contribution in [3.05, 3.63) is 18.2 Å². The maximum atomic E-state index is 4.20. The van der Waals surface area contributed by atoms with Crippen LogP contribution in [-0.4, -0.2) is 27.0 Å². The third-order valence-corrected chi connectivity index (χ3v) is 1.68. The number of aromatic nitrogens is 4. The van der Waals surface area contributed by atoms with Crippen LogP contribution in [0.5, 0.6) is 0 Å². The highest BCUT2D eigenvalue weighted by atomic mass is 15.1. The Morgan fingerprint density at radius 2 is 1.92 bits per heavy atom. The molecule has 0 saturated heterocycles. The Bertz CT molecular complexity index is 439. The Morgan fingerprint density at radius 3 is 2.69 bits per heavy atom. The number of hydrogen-bond acceptors (Lipinski definition) is 5. The molecule has 0 atom stereocenters. The molecule has 0 aliphatic carbocycles. The van der Waals surface area contributed by atoms with Crippen LogP contribution in [0.2, 0.25) is 0 Å². The molecule has 2 rings (SSSR count). The van der Waals surface area contributed by atoms with Gasteiger partial charge in [0.05, 0.1) is 0 Å². The van der Waals surface area contributed by atoms with Crippen molar-refractivity contribution in [3.63, 3.8) is 0 Å². The fourth-order valence-electron chi connectivity index (χ4n) is 1.15. The Morgan fingerprint density at radius 1 is 1.15 bits per heavy atom. The lowest BCUT2D eigenvalue weighted by Crippen LogP contribution is -2.00. The molecule has 1 N–H and O–H groups in total. The van der Waals surface area contributed by atoms with Crippen LogP contribution in [0.1, 0.15) is 5.82 Å². The van der Waals surface area contributed by atoms with Gasteiger partial charge in [0.25, 0.3) is 0 Å². The normalized spacial score (nSPS) is 10.3. The van der Waals surface area contributed by atoms with Gasteiger partial charge >= 0.3 is 0 Å². The van der Waals surface area contributed by atoms with Gasteiger partial charge in [-0.3, -0.25) is 0 Å². The first kappa shape index (κ1) is 7.85. The molecule has 66 valence electrons.